The van der Waals surface area contributed by atoms with Gasteiger partial charge in [-0.25, -0.2) is 15.0 Å². The second-order valence-corrected chi connectivity index (χ2v) is 7.43. The van der Waals surface area contributed by atoms with Crippen LogP contribution in [0.3, 0.4) is 0 Å². The van der Waals surface area contributed by atoms with E-state index in [2.05, 4.69) is 35.3 Å². The number of imidazole rings is 1. The molecule has 6 heterocycles. The summed E-state index contributed by atoms with van der Waals surface area (Å²) < 4.78 is 13.5. The third-order valence-electron chi connectivity index (χ3n) is 4.66. The lowest BCUT2D eigenvalue weighted by atomic mass is 10.2. The van der Waals surface area contributed by atoms with Gasteiger partial charge < -0.3 is 4.98 Å². The molecule has 0 radical (unpaired) electrons. The van der Waals surface area contributed by atoms with E-state index in [1.165, 1.54) is 6.07 Å². The number of hydrogen-bond acceptors (Lipinski definition) is 6. The van der Waals surface area contributed by atoms with Crippen LogP contribution >= 0.6 is 11.3 Å². The maximum atomic E-state index is 13.5. The molecule has 6 aromatic heterocycles. The molecule has 6 rings (SSSR count). The van der Waals surface area contributed by atoms with Gasteiger partial charge in [0.25, 0.3) is 0 Å². The average Bonchev–Trinajstić information content (AvgIpc) is 3.51. The predicted molar refractivity (Wildman–Crippen MR) is 108 cm³/mol. The Bertz CT molecular complexity index is 1480. The lowest BCUT2D eigenvalue weighted by Gasteiger charge is -1.98. The van der Waals surface area contributed by atoms with E-state index in [0.717, 1.165) is 44.1 Å². The Labute approximate surface area is 165 Å². The van der Waals surface area contributed by atoms with E-state index in [0.29, 0.717) is 22.7 Å². The number of aromatic nitrogens is 8. The van der Waals surface area contributed by atoms with Crippen LogP contribution in [0.2, 0.25) is 0 Å². The second kappa shape index (κ2) is 6.04. The monoisotopic (exact) mass is 402 g/mol. The number of H-pyrrole nitrogens is 3. The molecule has 6 aromatic rings. The number of pyridine rings is 2. The first kappa shape index (κ1) is 16.1. The van der Waals surface area contributed by atoms with E-state index in [9.17, 15) is 4.39 Å². The van der Waals surface area contributed by atoms with E-state index < -0.39 is 0 Å². The van der Waals surface area contributed by atoms with Gasteiger partial charge in [-0.1, -0.05) is 0 Å². The van der Waals surface area contributed by atoms with Gasteiger partial charge in [-0.15, -0.1) is 11.3 Å². The number of halogens is 1. The smallest absolute Gasteiger partial charge is 0.178 e. The Morgan fingerprint density at radius 3 is 2.83 bits per heavy atom. The highest BCUT2D eigenvalue weighted by atomic mass is 32.1. The molecule has 0 aliphatic carbocycles. The number of rotatable bonds is 3. The molecular formula is C19H11FN8S. The van der Waals surface area contributed by atoms with Crippen LogP contribution in [0, 0.1) is 5.13 Å². The lowest BCUT2D eigenvalue weighted by Crippen LogP contribution is -1.86. The molecule has 0 amide bonds. The summed E-state index contributed by atoms with van der Waals surface area (Å²) in [6.45, 7) is 0. The predicted octanol–water partition coefficient (Wildman–Crippen LogP) is 4.15. The number of thiophene rings is 1. The van der Waals surface area contributed by atoms with Crippen LogP contribution in [-0.4, -0.2) is 40.3 Å². The Morgan fingerprint density at radius 2 is 2.00 bits per heavy atom. The summed E-state index contributed by atoms with van der Waals surface area (Å²) in [4.78, 5) is 17.8. The highest BCUT2D eigenvalue weighted by molar-refractivity contribution is 7.14. The van der Waals surface area contributed by atoms with Crippen LogP contribution in [0.4, 0.5) is 4.39 Å². The van der Waals surface area contributed by atoms with Crippen molar-refractivity contribution in [2.75, 3.05) is 0 Å². The summed E-state index contributed by atoms with van der Waals surface area (Å²) in [5.41, 5.74) is 5.83. The first-order valence-electron chi connectivity index (χ1n) is 8.71. The SMILES string of the molecule is Fc1ccc(-c2ccnc3nc(-c4n[nH]c5ccc(-c6cn[nH]c6)nc45)[nH]c23)s1. The zero-order valence-electron chi connectivity index (χ0n) is 14.6. The van der Waals surface area contributed by atoms with Crippen molar-refractivity contribution < 1.29 is 4.39 Å². The molecule has 0 aliphatic heterocycles. The summed E-state index contributed by atoms with van der Waals surface area (Å²) in [6, 6.07) is 8.86. The molecule has 29 heavy (non-hydrogen) atoms. The molecule has 0 saturated heterocycles. The van der Waals surface area contributed by atoms with Crippen molar-refractivity contribution in [2.24, 2.45) is 0 Å². The molecule has 10 heteroatoms. The van der Waals surface area contributed by atoms with Crippen molar-refractivity contribution >= 4 is 33.5 Å². The lowest BCUT2D eigenvalue weighted by molar-refractivity contribution is 0.657. The van der Waals surface area contributed by atoms with Gasteiger partial charge in [-0.3, -0.25) is 10.2 Å². The van der Waals surface area contributed by atoms with E-state index in [4.69, 9.17) is 4.98 Å². The summed E-state index contributed by atoms with van der Waals surface area (Å²) in [6.07, 6.45) is 5.16. The van der Waals surface area contributed by atoms with Crippen LogP contribution in [0.1, 0.15) is 0 Å². The molecule has 3 N–H and O–H groups in total. The minimum absolute atomic E-state index is 0.237. The first-order valence-corrected chi connectivity index (χ1v) is 9.53. The number of fused-ring (bicyclic) bond motifs is 2. The Morgan fingerprint density at radius 1 is 1.03 bits per heavy atom. The summed E-state index contributed by atoms with van der Waals surface area (Å²) in [5.74, 6) is 0.542. The molecule has 140 valence electrons. The molecule has 8 nitrogen and oxygen atoms in total. The highest BCUT2D eigenvalue weighted by Gasteiger charge is 2.18. The highest BCUT2D eigenvalue weighted by Crippen LogP contribution is 2.33. The molecule has 0 aliphatic rings. The molecule has 0 aromatic carbocycles. The van der Waals surface area contributed by atoms with Crippen molar-refractivity contribution in [3.8, 4) is 33.2 Å². The summed E-state index contributed by atoms with van der Waals surface area (Å²) in [7, 11) is 0. The van der Waals surface area contributed by atoms with E-state index in [-0.39, 0.29) is 5.13 Å². The topological polar surface area (TPSA) is 112 Å². The van der Waals surface area contributed by atoms with Gasteiger partial charge in [0, 0.05) is 28.4 Å². The van der Waals surface area contributed by atoms with E-state index >= 15 is 0 Å². The number of nitrogens with one attached hydrogen (secondary N) is 3. The summed E-state index contributed by atoms with van der Waals surface area (Å²) >= 11 is 1.08. The fraction of sp³-hybridized carbons (Fsp3) is 0. The summed E-state index contributed by atoms with van der Waals surface area (Å²) in [5, 5.41) is 13.9. The standard InChI is InChI=1S/C19H11FN8S/c20-14-4-3-13(29-14)10-5-6-21-18-15(10)25-19(26-18)17-16-12(27-28-17)2-1-11(24-16)9-7-22-23-8-9/h1-8H,(H,22,23)(H,27,28)(H,21,25,26). The second-order valence-electron chi connectivity index (χ2n) is 6.40. The fourth-order valence-corrected chi connectivity index (χ4v) is 4.07. The molecule has 0 bridgehead atoms. The minimum atomic E-state index is -0.237. The Hall–Kier alpha value is -3.92. The van der Waals surface area contributed by atoms with Crippen LogP contribution in [0.5, 0.6) is 0 Å². The van der Waals surface area contributed by atoms with Gasteiger partial charge in [0.1, 0.15) is 5.52 Å². The maximum absolute atomic E-state index is 13.5. The van der Waals surface area contributed by atoms with Crippen LogP contribution in [-0.2, 0) is 0 Å². The maximum Gasteiger partial charge on any atom is 0.178 e. The van der Waals surface area contributed by atoms with Crippen LogP contribution in [0.25, 0.3) is 55.4 Å². The van der Waals surface area contributed by atoms with Crippen LogP contribution < -0.4 is 0 Å². The van der Waals surface area contributed by atoms with Gasteiger partial charge in [0.2, 0.25) is 0 Å². The van der Waals surface area contributed by atoms with Crippen molar-refractivity contribution in [3.63, 3.8) is 0 Å². The van der Waals surface area contributed by atoms with Crippen molar-refractivity contribution in [1.29, 1.82) is 0 Å². The molecule has 0 fully saturated rings. The van der Waals surface area contributed by atoms with E-state index in [1.54, 1.807) is 24.7 Å². The van der Waals surface area contributed by atoms with Crippen molar-refractivity contribution in [3.05, 3.63) is 54.1 Å². The fourth-order valence-electron chi connectivity index (χ4n) is 3.30. The molecule has 0 atom stereocenters. The molecule has 0 spiro atoms. The van der Waals surface area contributed by atoms with Gasteiger partial charge in [0.15, 0.2) is 22.3 Å². The molecule has 0 saturated carbocycles. The average molecular weight is 402 g/mol. The Balaban J connectivity index is 1.53. The molecular weight excluding hydrogens is 391 g/mol. The first-order chi connectivity index (χ1) is 14.3. The van der Waals surface area contributed by atoms with Crippen molar-refractivity contribution in [1.82, 2.24) is 40.3 Å². The zero-order chi connectivity index (χ0) is 19.4. The minimum Gasteiger partial charge on any atom is -0.335 e. The van der Waals surface area contributed by atoms with Gasteiger partial charge in [-0.05, 0) is 30.3 Å². The van der Waals surface area contributed by atoms with Crippen LogP contribution in [0.15, 0.2) is 48.9 Å². The quantitative estimate of drug-likeness (QED) is 0.412. The number of nitrogens with zero attached hydrogens (tertiary/aromatic N) is 5. The van der Waals surface area contributed by atoms with Crippen molar-refractivity contribution in [2.45, 2.75) is 0 Å². The third kappa shape index (κ3) is 2.53. The van der Waals surface area contributed by atoms with Gasteiger partial charge in [0.05, 0.1) is 22.9 Å². The van der Waals surface area contributed by atoms with Gasteiger partial charge >= 0.3 is 0 Å². The largest absolute Gasteiger partial charge is 0.335 e. The molecule has 0 unspecified atom stereocenters. The zero-order valence-corrected chi connectivity index (χ0v) is 15.5. The normalized spacial score (nSPS) is 11.6. The Kier molecular flexibility index (Phi) is 3.35. The number of hydrogen-bond donors (Lipinski definition) is 3. The van der Waals surface area contributed by atoms with Gasteiger partial charge in [-0.2, -0.15) is 14.6 Å². The third-order valence-corrected chi connectivity index (χ3v) is 5.56. The van der Waals surface area contributed by atoms with E-state index in [1.807, 2.05) is 18.2 Å². The number of aromatic amines is 3.